The van der Waals surface area contributed by atoms with Gasteiger partial charge in [-0.1, -0.05) is 0 Å². The minimum Gasteiger partial charge on any atom is -0.465 e. The van der Waals surface area contributed by atoms with Crippen molar-refractivity contribution in [2.45, 2.75) is 13.5 Å². The van der Waals surface area contributed by atoms with E-state index >= 15 is 0 Å². The lowest BCUT2D eigenvalue weighted by atomic mass is 10.4. The molecule has 2 aromatic heterocycles. The van der Waals surface area contributed by atoms with Crippen molar-refractivity contribution in [1.82, 2.24) is 20.9 Å². The molecule has 4 N–H and O–H groups in total. The molecule has 0 aliphatic heterocycles. The van der Waals surface area contributed by atoms with Gasteiger partial charge in [-0.05, 0) is 29.4 Å². The smallest absolute Gasteiger partial charge is 0.277 e. The maximum atomic E-state index is 11.6. The monoisotopic (exact) mass is 265 g/mol. The van der Waals surface area contributed by atoms with Crippen LogP contribution in [0.4, 0.5) is 5.82 Å². The average molecular weight is 265 g/mol. The number of nitrogens with zero attached hydrogens (tertiary/aromatic N) is 2. The highest BCUT2D eigenvalue weighted by Gasteiger charge is 2.14. The zero-order valence-corrected chi connectivity index (χ0v) is 10.5. The van der Waals surface area contributed by atoms with Crippen LogP contribution in [0.25, 0.3) is 0 Å². The molecule has 0 fully saturated rings. The molecule has 0 radical (unpaired) electrons. The van der Waals surface area contributed by atoms with Crippen LogP contribution in [-0.2, 0) is 6.54 Å². The van der Waals surface area contributed by atoms with Crippen LogP contribution in [0.5, 0.6) is 0 Å². The van der Waals surface area contributed by atoms with Gasteiger partial charge in [0.05, 0.1) is 6.54 Å². The van der Waals surface area contributed by atoms with Gasteiger partial charge in [0.15, 0.2) is 0 Å². The zero-order chi connectivity index (χ0) is 13.7. The lowest BCUT2D eigenvalue weighted by Crippen LogP contribution is -2.32. The van der Waals surface area contributed by atoms with E-state index in [4.69, 9.17) is 10.2 Å². The second-order valence-electron chi connectivity index (χ2n) is 3.94. The van der Waals surface area contributed by atoms with Crippen LogP contribution < -0.4 is 16.4 Å². The first kappa shape index (κ1) is 13.1. The number of hydrogen-bond donors (Lipinski definition) is 3. The molecule has 0 aromatic carbocycles. The van der Waals surface area contributed by atoms with Gasteiger partial charge in [-0.3, -0.25) is 4.79 Å². The van der Waals surface area contributed by atoms with Crippen molar-refractivity contribution in [3.8, 4) is 0 Å². The van der Waals surface area contributed by atoms with E-state index < -0.39 is 5.91 Å². The molecule has 0 spiro atoms. The number of carbonyl (C=O) groups excluding carboxylic acids is 1. The molecule has 0 atom stereocenters. The van der Waals surface area contributed by atoms with Gasteiger partial charge in [0.1, 0.15) is 11.5 Å². The van der Waals surface area contributed by atoms with Crippen LogP contribution >= 0.6 is 0 Å². The Labute approximate surface area is 109 Å². The summed E-state index contributed by atoms with van der Waals surface area (Å²) < 4.78 is 9.73. The van der Waals surface area contributed by atoms with Crippen LogP contribution in [0.1, 0.15) is 22.0 Å². The quantitative estimate of drug-likeness (QED) is 0.632. The van der Waals surface area contributed by atoms with E-state index in [2.05, 4.69) is 25.6 Å². The Morgan fingerprint density at radius 2 is 2.21 bits per heavy atom. The van der Waals surface area contributed by atoms with Gasteiger partial charge < -0.3 is 20.8 Å². The number of aromatic nitrogens is 2. The second kappa shape index (κ2) is 6.01. The van der Waals surface area contributed by atoms with E-state index in [0.717, 1.165) is 11.5 Å². The highest BCUT2D eigenvalue weighted by atomic mass is 16.6. The Morgan fingerprint density at radius 3 is 2.84 bits per heavy atom. The van der Waals surface area contributed by atoms with Crippen molar-refractivity contribution < 1.29 is 13.8 Å². The van der Waals surface area contributed by atoms with Crippen molar-refractivity contribution in [2.75, 3.05) is 18.8 Å². The predicted octanol–water partition coefficient (Wildman–Crippen LogP) is 0.0728. The van der Waals surface area contributed by atoms with Crippen molar-refractivity contribution in [2.24, 2.45) is 0 Å². The van der Waals surface area contributed by atoms with E-state index in [9.17, 15) is 4.79 Å². The standard InChI is InChI=1S/C11H15N5O3/c1-7-2-3-8(18-7)6-13-4-5-14-11(17)9-10(12)16-19-15-9/h2-3,13H,4-6H2,1H3,(H2,12,16)(H,14,17). The summed E-state index contributed by atoms with van der Waals surface area (Å²) >= 11 is 0. The Morgan fingerprint density at radius 1 is 1.37 bits per heavy atom. The minimum absolute atomic E-state index is 0.00154. The molecule has 8 nitrogen and oxygen atoms in total. The number of nitrogens with one attached hydrogen (secondary N) is 2. The maximum absolute atomic E-state index is 11.6. The van der Waals surface area contributed by atoms with E-state index in [-0.39, 0.29) is 11.5 Å². The number of amides is 1. The molecular weight excluding hydrogens is 250 g/mol. The highest BCUT2D eigenvalue weighted by molar-refractivity contribution is 5.95. The summed E-state index contributed by atoms with van der Waals surface area (Å²) in [6.45, 7) is 3.53. The van der Waals surface area contributed by atoms with Crippen LogP contribution in [0.3, 0.4) is 0 Å². The first-order chi connectivity index (χ1) is 9.16. The Hall–Kier alpha value is -2.35. The van der Waals surface area contributed by atoms with E-state index in [1.807, 2.05) is 19.1 Å². The van der Waals surface area contributed by atoms with Crippen LogP contribution in [0.2, 0.25) is 0 Å². The van der Waals surface area contributed by atoms with E-state index in [1.54, 1.807) is 0 Å². The summed E-state index contributed by atoms with van der Waals surface area (Å²) in [5.74, 6) is 1.30. The summed E-state index contributed by atoms with van der Waals surface area (Å²) in [5, 5.41) is 12.5. The number of rotatable bonds is 6. The molecule has 2 heterocycles. The van der Waals surface area contributed by atoms with Crippen molar-refractivity contribution in [3.63, 3.8) is 0 Å². The maximum Gasteiger partial charge on any atom is 0.277 e. The van der Waals surface area contributed by atoms with Gasteiger partial charge in [-0.2, -0.15) is 0 Å². The summed E-state index contributed by atoms with van der Waals surface area (Å²) in [6, 6.07) is 3.81. The third kappa shape index (κ3) is 3.55. The van der Waals surface area contributed by atoms with Gasteiger partial charge in [0.25, 0.3) is 5.91 Å². The summed E-state index contributed by atoms with van der Waals surface area (Å²) in [4.78, 5) is 11.6. The molecule has 0 saturated heterocycles. The van der Waals surface area contributed by atoms with Gasteiger partial charge in [-0.15, -0.1) is 0 Å². The summed E-state index contributed by atoms with van der Waals surface area (Å²) in [6.07, 6.45) is 0. The number of furan rings is 1. The molecular formula is C11H15N5O3. The third-order valence-corrected chi connectivity index (χ3v) is 2.41. The fourth-order valence-electron chi connectivity index (χ4n) is 1.49. The Bertz CT molecular complexity index is 548. The SMILES string of the molecule is Cc1ccc(CNCCNC(=O)c2nonc2N)o1. The van der Waals surface area contributed by atoms with Gasteiger partial charge in [-0.25, -0.2) is 4.63 Å². The number of carbonyl (C=O) groups is 1. The topological polar surface area (TPSA) is 119 Å². The molecule has 0 aliphatic rings. The van der Waals surface area contributed by atoms with Crippen LogP contribution in [0, 0.1) is 6.92 Å². The van der Waals surface area contributed by atoms with Crippen LogP contribution in [-0.4, -0.2) is 29.3 Å². The third-order valence-electron chi connectivity index (χ3n) is 2.41. The number of hydrogen-bond acceptors (Lipinski definition) is 7. The van der Waals surface area contributed by atoms with Crippen molar-refractivity contribution >= 4 is 11.7 Å². The van der Waals surface area contributed by atoms with Crippen molar-refractivity contribution in [1.29, 1.82) is 0 Å². The lowest BCUT2D eigenvalue weighted by Gasteiger charge is -2.04. The molecule has 8 heteroatoms. The fraction of sp³-hybridized carbons (Fsp3) is 0.364. The van der Waals surface area contributed by atoms with Gasteiger partial charge in [0.2, 0.25) is 11.5 Å². The molecule has 0 aliphatic carbocycles. The lowest BCUT2D eigenvalue weighted by molar-refractivity contribution is 0.0944. The largest absolute Gasteiger partial charge is 0.465 e. The van der Waals surface area contributed by atoms with E-state index in [0.29, 0.717) is 19.6 Å². The number of nitrogen functional groups attached to an aromatic ring is 1. The molecule has 19 heavy (non-hydrogen) atoms. The van der Waals surface area contributed by atoms with Crippen LogP contribution in [0.15, 0.2) is 21.2 Å². The Balaban J connectivity index is 1.64. The number of anilines is 1. The molecule has 1 amide bonds. The van der Waals surface area contributed by atoms with E-state index in [1.165, 1.54) is 0 Å². The average Bonchev–Trinajstić information content (AvgIpc) is 2.97. The summed E-state index contributed by atoms with van der Waals surface area (Å²) in [5.41, 5.74) is 5.40. The molecule has 2 aromatic rings. The molecule has 2 rings (SSSR count). The first-order valence-corrected chi connectivity index (χ1v) is 5.79. The second-order valence-corrected chi connectivity index (χ2v) is 3.94. The molecule has 102 valence electrons. The highest BCUT2D eigenvalue weighted by Crippen LogP contribution is 2.05. The Kier molecular flexibility index (Phi) is 4.14. The summed E-state index contributed by atoms with van der Waals surface area (Å²) in [7, 11) is 0. The predicted molar refractivity (Wildman–Crippen MR) is 66.2 cm³/mol. The zero-order valence-electron chi connectivity index (χ0n) is 10.5. The molecule has 0 saturated carbocycles. The van der Waals surface area contributed by atoms with Gasteiger partial charge in [0, 0.05) is 13.1 Å². The fourth-order valence-corrected chi connectivity index (χ4v) is 1.49. The molecule has 0 bridgehead atoms. The first-order valence-electron chi connectivity index (χ1n) is 5.79. The molecule has 0 unspecified atom stereocenters. The van der Waals surface area contributed by atoms with Crippen molar-refractivity contribution in [3.05, 3.63) is 29.3 Å². The normalized spacial score (nSPS) is 10.6. The number of aryl methyl sites for hydroxylation is 1. The number of nitrogens with two attached hydrogens (primary N) is 1. The van der Waals surface area contributed by atoms with Gasteiger partial charge >= 0.3 is 0 Å². The minimum atomic E-state index is -0.408.